The van der Waals surface area contributed by atoms with E-state index in [0.29, 0.717) is 0 Å². The van der Waals surface area contributed by atoms with Gasteiger partial charge in [-0.3, -0.25) is 4.90 Å². The third-order valence-corrected chi connectivity index (χ3v) is 3.59. The Kier molecular flexibility index (Phi) is 5.58. The summed E-state index contributed by atoms with van der Waals surface area (Å²) in [4.78, 5) is 7.51. The molecule has 15 heavy (non-hydrogen) atoms. The molecule has 0 aliphatic carbocycles. The van der Waals surface area contributed by atoms with Crippen LogP contribution < -0.4 is 0 Å². The zero-order valence-corrected chi connectivity index (χ0v) is 10.9. The number of hydrogen-bond acceptors (Lipinski definition) is 3. The molecular formula is C12H27N3. The summed E-state index contributed by atoms with van der Waals surface area (Å²) in [5.41, 5.74) is 0. The smallest absolute Gasteiger partial charge is 0.0221 e. The van der Waals surface area contributed by atoms with Gasteiger partial charge in [0.05, 0.1) is 0 Å². The van der Waals surface area contributed by atoms with Gasteiger partial charge in [0.2, 0.25) is 0 Å². The van der Waals surface area contributed by atoms with E-state index < -0.39 is 0 Å². The first-order valence-electron chi connectivity index (χ1n) is 6.28. The molecule has 0 aromatic rings. The first-order valence-corrected chi connectivity index (χ1v) is 6.28. The summed E-state index contributed by atoms with van der Waals surface area (Å²) in [6.07, 6.45) is 1.27. The molecule has 0 amide bonds. The molecule has 0 radical (unpaired) electrons. The summed E-state index contributed by atoms with van der Waals surface area (Å²) in [5, 5.41) is 0. The molecule has 0 aromatic heterocycles. The van der Waals surface area contributed by atoms with Crippen LogP contribution in [0.4, 0.5) is 0 Å². The molecule has 1 fully saturated rings. The Morgan fingerprint density at radius 1 is 1.13 bits per heavy atom. The van der Waals surface area contributed by atoms with Gasteiger partial charge in [-0.15, -0.1) is 0 Å². The summed E-state index contributed by atoms with van der Waals surface area (Å²) < 4.78 is 0. The van der Waals surface area contributed by atoms with Gasteiger partial charge in [0, 0.05) is 38.8 Å². The van der Waals surface area contributed by atoms with Crippen LogP contribution in [0.25, 0.3) is 0 Å². The molecule has 1 saturated heterocycles. The van der Waals surface area contributed by atoms with E-state index in [0.717, 1.165) is 12.6 Å². The van der Waals surface area contributed by atoms with Crippen molar-refractivity contribution in [2.75, 3.05) is 53.4 Å². The summed E-state index contributed by atoms with van der Waals surface area (Å²) in [6.45, 7) is 11.9. The van der Waals surface area contributed by atoms with Crippen molar-refractivity contribution in [1.29, 1.82) is 0 Å². The van der Waals surface area contributed by atoms with Crippen LogP contribution in [-0.2, 0) is 0 Å². The van der Waals surface area contributed by atoms with E-state index >= 15 is 0 Å². The average molecular weight is 213 g/mol. The Labute approximate surface area is 95.0 Å². The Hall–Kier alpha value is -0.120. The second kappa shape index (κ2) is 6.46. The summed E-state index contributed by atoms with van der Waals surface area (Å²) in [5.74, 6) is 0. The lowest BCUT2D eigenvalue weighted by Crippen LogP contribution is -2.51. The Bertz CT molecular complexity index is 164. The van der Waals surface area contributed by atoms with Gasteiger partial charge in [-0.1, -0.05) is 13.8 Å². The highest BCUT2D eigenvalue weighted by atomic mass is 15.3. The van der Waals surface area contributed by atoms with Crippen LogP contribution >= 0.6 is 0 Å². The van der Waals surface area contributed by atoms with Gasteiger partial charge in [0.15, 0.2) is 0 Å². The molecule has 3 heteroatoms. The fraction of sp³-hybridized carbons (Fsp3) is 1.00. The number of rotatable bonds is 5. The van der Waals surface area contributed by atoms with E-state index in [2.05, 4.69) is 42.6 Å². The van der Waals surface area contributed by atoms with Gasteiger partial charge >= 0.3 is 0 Å². The van der Waals surface area contributed by atoms with Gasteiger partial charge in [-0.2, -0.15) is 0 Å². The van der Waals surface area contributed by atoms with E-state index in [4.69, 9.17) is 0 Å². The molecule has 1 rings (SSSR count). The molecule has 1 atom stereocenters. The Balaban J connectivity index is 2.37. The summed E-state index contributed by atoms with van der Waals surface area (Å²) in [6, 6.07) is 0.753. The fourth-order valence-corrected chi connectivity index (χ4v) is 2.18. The van der Waals surface area contributed by atoms with Gasteiger partial charge in [-0.25, -0.2) is 0 Å². The third kappa shape index (κ3) is 4.09. The molecule has 1 aliphatic rings. The molecule has 1 unspecified atom stereocenters. The zero-order valence-electron chi connectivity index (χ0n) is 10.9. The molecule has 0 bridgehead atoms. The zero-order chi connectivity index (χ0) is 11.3. The van der Waals surface area contributed by atoms with Gasteiger partial charge in [0.1, 0.15) is 0 Å². The highest BCUT2D eigenvalue weighted by molar-refractivity contribution is 4.78. The predicted octanol–water partition coefficient (Wildman–Crippen LogP) is 0.964. The standard InChI is InChI=1S/C12H27N3/c1-5-12(11-13(3)6-2)15-9-7-14(4)8-10-15/h12H,5-11H2,1-4H3. The second-order valence-corrected chi connectivity index (χ2v) is 4.76. The van der Waals surface area contributed by atoms with Crippen molar-refractivity contribution in [2.24, 2.45) is 0 Å². The lowest BCUT2D eigenvalue weighted by atomic mass is 10.1. The second-order valence-electron chi connectivity index (χ2n) is 4.76. The number of piperazine rings is 1. The molecule has 3 nitrogen and oxygen atoms in total. The van der Waals surface area contributed by atoms with Crippen molar-refractivity contribution in [3.05, 3.63) is 0 Å². The lowest BCUT2D eigenvalue weighted by Gasteiger charge is -2.39. The maximum atomic E-state index is 2.66. The quantitative estimate of drug-likeness (QED) is 0.673. The maximum absolute atomic E-state index is 2.66. The van der Waals surface area contributed by atoms with Crippen molar-refractivity contribution in [3.63, 3.8) is 0 Å². The van der Waals surface area contributed by atoms with E-state index in [1.165, 1.54) is 39.1 Å². The number of nitrogens with zero attached hydrogens (tertiary/aromatic N) is 3. The van der Waals surface area contributed by atoms with Crippen molar-refractivity contribution < 1.29 is 0 Å². The minimum atomic E-state index is 0.753. The first kappa shape index (κ1) is 12.9. The highest BCUT2D eigenvalue weighted by Crippen LogP contribution is 2.09. The normalized spacial score (nSPS) is 22.2. The van der Waals surface area contributed by atoms with E-state index in [1.807, 2.05) is 0 Å². The lowest BCUT2D eigenvalue weighted by molar-refractivity contribution is 0.0903. The van der Waals surface area contributed by atoms with Crippen LogP contribution in [0.15, 0.2) is 0 Å². The maximum Gasteiger partial charge on any atom is 0.0221 e. The van der Waals surface area contributed by atoms with Crippen molar-refractivity contribution in [2.45, 2.75) is 26.3 Å². The largest absolute Gasteiger partial charge is 0.305 e. The third-order valence-electron chi connectivity index (χ3n) is 3.59. The number of likely N-dealkylation sites (N-methyl/N-ethyl adjacent to an activating group) is 2. The van der Waals surface area contributed by atoms with Crippen molar-refractivity contribution in [1.82, 2.24) is 14.7 Å². The van der Waals surface area contributed by atoms with Gasteiger partial charge in [0.25, 0.3) is 0 Å². The molecule has 1 aliphatic heterocycles. The van der Waals surface area contributed by atoms with Gasteiger partial charge < -0.3 is 9.80 Å². The van der Waals surface area contributed by atoms with Crippen molar-refractivity contribution in [3.8, 4) is 0 Å². The van der Waals surface area contributed by atoms with Crippen LogP contribution in [-0.4, -0.2) is 74.1 Å². The average Bonchev–Trinajstić information content (AvgIpc) is 2.27. The highest BCUT2D eigenvalue weighted by Gasteiger charge is 2.21. The molecule has 90 valence electrons. The Morgan fingerprint density at radius 3 is 2.20 bits per heavy atom. The minimum Gasteiger partial charge on any atom is -0.305 e. The summed E-state index contributed by atoms with van der Waals surface area (Å²) >= 11 is 0. The van der Waals surface area contributed by atoms with Gasteiger partial charge in [-0.05, 0) is 27.1 Å². The van der Waals surface area contributed by atoms with Crippen LogP contribution in [0.3, 0.4) is 0 Å². The van der Waals surface area contributed by atoms with Crippen LogP contribution in [0.1, 0.15) is 20.3 Å². The molecule has 0 aromatic carbocycles. The van der Waals surface area contributed by atoms with E-state index in [-0.39, 0.29) is 0 Å². The molecule has 0 N–H and O–H groups in total. The van der Waals surface area contributed by atoms with E-state index in [9.17, 15) is 0 Å². The first-order chi connectivity index (χ1) is 7.17. The van der Waals surface area contributed by atoms with Crippen molar-refractivity contribution >= 4 is 0 Å². The van der Waals surface area contributed by atoms with E-state index in [1.54, 1.807) is 0 Å². The van der Waals surface area contributed by atoms with Crippen LogP contribution in [0.2, 0.25) is 0 Å². The molecular weight excluding hydrogens is 186 g/mol. The minimum absolute atomic E-state index is 0.753. The van der Waals surface area contributed by atoms with Crippen LogP contribution in [0.5, 0.6) is 0 Å². The Morgan fingerprint density at radius 2 is 1.73 bits per heavy atom. The van der Waals surface area contributed by atoms with Crippen LogP contribution in [0, 0.1) is 0 Å². The molecule has 0 spiro atoms. The predicted molar refractivity (Wildman–Crippen MR) is 66.3 cm³/mol. The SMILES string of the molecule is CCC(CN(C)CC)N1CCN(C)CC1. The summed E-state index contributed by atoms with van der Waals surface area (Å²) in [7, 11) is 4.44. The molecule has 1 heterocycles. The fourth-order valence-electron chi connectivity index (χ4n) is 2.18. The number of hydrogen-bond donors (Lipinski definition) is 0. The monoisotopic (exact) mass is 213 g/mol. The topological polar surface area (TPSA) is 9.72 Å². The molecule has 0 saturated carbocycles.